The fraction of sp³-hybridized carbons (Fsp3) is 0.833. The second kappa shape index (κ2) is 5.60. The minimum Gasteiger partial charge on any atom is -0.377 e. The highest BCUT2D eigenvalue weighted by atomic mass is 16.5. The van der Waals surface area contributed by atoms with Gasteiger partial charge in [0, 0.05) is 5.41 Å². The fourth-order valence-electron chi connectivity index (χ4n) is 1.18. The third kappa shape index (κ3) is 3.78. The molecule has 1 unspecified atom stereocenters. The molecule has 0 aliphatic heterocycles. The number of rotatable bonds is 6. The van der Waals surface area contributed by atoms with E-state index in [0.717, 1.165) is 6.42 Å². The lowest BCUT2D eigenvalue weighted by Crippen LogP contribution is -2.21. The van der Waals surface area contributed by atoms with E-state index >= 15 is 0 Å². The maximum absolute atomic E-state index is 5.93. The van der Waals surface area contributed by atoms with E-state index in [-0.39, 0.29) is 17.6 Å². The highest BCUT2D eigenvalue weighted by Crippen LogP contribution is 2.25. The molecule has 0 bridgehead atoms. The molecule has 1 aromatic rings. The number of nitrogens with two attached hydrogens (primary N) is 1. The zero-order chi connectivity index (χ0) is 13.1. The highest BCUT2D eigenvalue weighted by molar-refractivity contribution is 5.02. The average molecular weight is 241 g/mol. The van der Waals surface area contributed by atoms with Crippen molar-refractivity contribution in [3.8, 4) is 0 Å². The van der Waals surface area contributed by atoms with E-state index in [4.69, 9.17) is 15.0 Å². The van der Waals surface area contributed by atoms with Crippen molar-refractivity contribution in [1.29, 1.82) is 0 Å². The van der Waals surface area contributed by atoms with E-state index in [1.807, 2.05) is 13.8 Å². The monoisotopic (exact) mass is 241 g/mol. The van der Waals surface area contributed by atoms with Crippen molar-refractivity contribution in [3.63, 3.8) is 0 Å². The van der Waals surface area contributed by atoms with Crippen molar-refractivity contribution in [3.05, 3.63) is 11.7 Å². The molecule has 5 heteroatoms. The molecule has 0 aliphatic carbocycles. The Balaban J connectivity index is 2.67. The van der Waals surface area contributed by atoms with Gasteiger partial charge in [0.15, 0.2) is 5.82 Å². The van der Waals surface area contributed by atoms with Crippen LogP contribution in [0.25, 0.3) is 0 Å². The predicted octanol–water partition coefficient (Wildman–Crippen LogP) is 2.18. The Morgan fingerprint density at radius 3 is 2.59 bits per heavy atom. The van der Waals surface area contributed by atoms with Crippen molar-refractivity contribution >= 4 is 0 Å². The third-order valence-electron chi connectivity index (χ3n) is 2.85. The summed E-state index contributed by atoms with van der Waals surface area (Å²) in [7, 11) is 0. The molecule has 2 N–H and O–H groups in total. The summed E-state index contributed by atoms with van der Waals surface area (Å²) in [5.41, 5.74) is 5.82. The molecule has 5 nitrogen and oxygen atoms in total. The average Bonchev–Trinajstić information content (AvgIpc) is 2.75. The number of aromatic nitrogens is 2. The number of nitrogens with zero attached hydrogens (tertiary/aromatic N) is 2. The minimum absolute atomic E-state index is 0.107. The van der Waals surface area contributed by atoms with Crippen LogP contribution in [0.4, 0.5) is 0 Å². The first kappa shape index (κ1) is 14.1. The van der Waals surface area contributed by atoms with Crippen molar-refractivity contribution in [2.75, 3.05) is 6.61 Å². The maximum Gasteiger partial charge on any atom is 0.232 e. The van der Waals surface area contributed by atoms with Crippen molar-refractivity contribution in [1.82, 2.24) is 10.1 Å². The summed E-state index contributed by atoms with van der Waals surface area (Å²) < 4.78 is 10.7. The molecule has 0 radical (unpaired) electrons. The van der Waals surface area contributed by atoms with E-state index in [9.17, 15) is 0 Å². The van der Waals surface area contributed by atoms with Crippen LogP contribution in [0.2, 0.25) is 0 Å². The molecule has 17 heavy (non-hydrogen) atoms. The van der Waals surface area contributed by atoms with Crippen LogP contribution in [0.5, 0.6) is 0 Å². The number of ether oxygens (including phenoxy) is 1. The summed E-state index contributed by atoms with van der Waals surface area (Å²) in [6.07, 6.45) is 1.09. The quantitative estimate of drug-likeness (QED) is 0.826. The van der Waals surface area contributed by atoms with Gasteiger partial charge in [-0.1, -0.05) is 25.9 Å². The van der Waals surface area contributed by atoms with Gasteiger partial charge in [-0.15, -0.1) is 0 Å². The second-order valence-corrected chi connectivity index (χ2v) is 5.18. The minimum atomic E-state index is -0.331. The SMILES string of the molecule is CCC(C)(C)c1nc(C(N)COC(C)C)no1. The van der Waals surface area contributed by atoms with Crippen LogP contribution in [-0.4, -0.2) is 22.9 Å². The topological polar surface area (TPSA) is 74.2 Å². The molecule has 1 atom stereocenters. The molecule has 1 rings (SSSR count). The van der Waals surface area contributed by atoms with Gasteiger partial charge in [-0.2, -0.15) is 4.98 Å². The molecule has 0 aromatic carbocycles. The van der Waals surface area contributed by atoms with Crippen molar-refractivity contribution in [2.24, 2.45) is 5.73 Å². The molecular formula is C12H23N3O2. The molecule has 0 saturated heterocycles. The van der Waals surface area contributed by atoms with Gasteiger partial charge in [0.25, 0.3) is 0 Å². The Morgan fingerprint density at radius 1 is 1.41 bits per heavy atom. The molecule has 1 aromatic heterocycles. The molecule has 1 heterocycles. The zero-order valence-corrected chi connectivity index (χ0v) is 11.4. The van der Waals surface area contributed by atoms with Crippen LogP contribution in [0, 0.1) is 0 Å². The Bertz CT molecular complexity index is 347. The zero-order valence-electron chi connectivity index (χ0n) is 11.4. The van der Waals surface area contributed by atoms with Gasteiger partial charge in [0.05, 0.1) is 18.8 Å². The fourth-order valence-corrected chi connectivity index (χ4v) is 1.18. The van der Waals surface area contributed by atoms with Gasteiger partial charge in [0.1, 0.15) is 0 Å². The van der Waals surface area contributed by atoms with Crippen LogP contribution >= 0.6 is 0 Å². The molecule has 0 aliphatic rings. The second-order valence-electron chi connectivity index (χ2n) is 5.18. The van der Waals surface area contributed by atoms with E-state index in [0.29, 0.717) is 18.3 Å². The van der Waals surface area contributed by atoms with Gasteiger partial charge in [0.2, 0.25) is 5.89 Å². The first-order valence-electron chi connectivity index (χ1n) is 6.08. The summed E-state index contributed by atoms with van der Waals surface area (Å²) in [4.78, 5) is 4.35. The van der Waals surface area contributed by atoms with Crippen LogP contribution in [0.3, 0.4) is 0 Å². The smallest absolute Gasteiger partial charge is 0.232 e. The summed E-state index contributed by atoms with van der Waals surface area (Å²) >= 11 is 0. The van der Waals surface area contributed by atoms with Crippen LogP contribution in [0.15, 0.2) is 4.52 Å². The largest absolute Gasteiger partial charge is 0.377 e. The number of hydrogen-bond donors (Lipinski definition) is 1. The standard InChI is InChI=1S/C12H23N3O2/c1-6-12(4,5)11-14-10(15-17-11)9(13)7-16-8(2)3/h8-9H,6-7,13H2,1-5H3. The molecule has 98 valence electrons. The van der Waals surface area contributed by atoms with E-state index in [1.54, 1.807) is 0 Å². The van der Waals surface area contributed by atoms with Crippen LogP contribution < -0.4 is 5.73 Å². The molecular weight excluding hydrogens is 218 g/mol. The van der Waals surface area contributed by atoms with Crippen LogP contribution in [-0.2, 0) is 10.2 Å². The Labute approximate surface area is 103 Å². The predicted molar refractivity (Wildman–Crippen MR) is 65.6 cm³/mol. The lowest BCUT2D eigenvalue weighted by molar-refractivity contribution is 0.0665. The maximum atomic E-state index is 5.93. The van der Waals surface area contributed by atoms with E-state index < -0.39 is 0 Å². The highest BCUT2D eigenvalue weighted by Gasteiger charge is 2.26. The summed E-state index contributed by atoms with van der Waals surface area (Å²) in [5, 5.41) is 3.92. The Kier molecular flexibility index (Phi) is 4.65. The third-order valence-corrected chi connectivity index (χ3v) is 2.85. The molecule has 0 amide bonds. The van der Waals surface area contributed by atoms with Gasteiger partial charge < -0.3 is 15.0 Å². The molecule has 0 spiro atoms. The lowest BCUT2D eigenvalue weighted by atomic mass is 9.90. The first-order valence-corrected chi connectivity index (χ1v) is 6.08. The summed E-state index contributed by atoms with van der Waals surface area (Å²) in [6.45, 7) is 10.6. The molecule has 0 fully saturated rings. The first-order chi connectivity index (χ1) is 7.86. The summed E-state index contributed by atoms with van der Waals surface area (Å²) in [6, 6.07) is -0.331. The van der Waals surface area contributed by atoms with E-state index in [2.05, 4.69) is 30.9 Å². The molecule has 0 saturated carbocycles. The van der Waals surface area contributed by atoms with Gasteiger partial charge in [-0.3, -0.25) is 0 Å². The van der Waals surface area contributed by atoms with E-state index in [1.165, 1.54) is 0 Å². The van der Waals surface area contributed by atoms with Crippen LogP contribution in [0.1, 0.15) is 58.8 Å². The Morgan fingerprint density at radius 2 is 2.06 bits per heavy atom. The van der Waals surface area contributed by atoms with Gasteiger partial charge >= 0.3 is 0 Å². The number of hydrogen-bond acceptors (Lipinski definition) is 5. The van der Waals surface area contributed by atoms with Gasteiger partial charge in [-0.05, 0) is 20.3 Å². The summed E-state index contributed by atoms with van der Waals surface area (Å²) in [5.74, 6) is 1.15. The normalized spacial score (nSPS) is 14.3. The van der Waals surface area contributed by atoms with Crippen molar-refractivity contribution < 1.29 is 9.26 Å². The van der Waals surface area contributed by atoms with Gasteiger partial charge in [-0.25, -0.2) is 0 Å². The van der Waals surface area contributed by atoms with Crippen molar-refractivity contribution in [2.45, 2.75) is 58.6 Å². The Hall–Kier alpha value is -0.940. The lowest BCUT2D eigenvalue weighted by Gasteiger charge is -2.16.